The summed E-state index contributed by atoms with van der Waals surface area (Å²) in [5.41, 5.74) is -0.866. The molecule has 0 saturated heterocycles. The minimum Gasteiger partial charge on any atom is -0.478 e. The standard InChI is InChI=1S/C12H12Br2O5/c1-12(2,3)19-11(17)18-9-7(10(15)16)4-6(13)5-8(9)14/h4-5H,1-3H3,(H,15,16). The van der Waals surface area contributed by atoms with Gasteiger partial charge in [0.15, 0.2) is 5.75 Å². The monoisotopic (exact) mass is 394 g/mol. The van der Waals surface area contributed by atoms with Crippen LogP contribution in [0.4, 0.5) is 4.79 Å². The molecule has 0 spiro atoms. The highest BCUT2D eigenvalue weighted by atomic mass is 79.9. The number of hydrogen-bond donors (Lipinski definition) is 1. The number of benzene rings is 1. The minimum atomic E-state index is -1.21. The lowest BCUT2D eigenvalue weighted by Gasteiger charge is -2.19. The summed E-state index contributed by atoms with van der Waals surface area (Å²) in [7, 11) is 0. The minimum absolute atomic E-state index is 0.0926. The molecule has 0 heterocycles. The van der Waals surface area contributed by atoms with Gasteiger partial charge in [0.05, 0.1) is 4.47 Å². The molecule has 0 saturated carbocycles. The van der Waals surface area contributed by atoms with E-state index in [1.165, 1.54) is 6.07 Å². The van der Waals surface area contributed by atoms with Gasteiger partial charge in [0, 0.05) is 4.47 Å². The Bertz CT molecular complexity index is 520. The van der Waals surface area contributed by atoms with Crippen molar-refractivity contribution in [3.8, 4) is 5.75 Å². The first-order valence-corrected chi connectivity index (χ1v) is 6.82. The van der Waals surface area contributed by atoms with Crippen LogP contribution in [0.5, 0.6) is 5.75 Å². The van der Waals surface area contributed by atoms with Gasteiger partial charge >= 0.3 is 12.1 Å². The van der Waals surface area contributed by atoms with Gasteiger partial charge < -0.3 is 14.6 Å². The fourth-order valence-corrected chi connectivity index (χ4v) is 2.48. The first-order chi connectivity index (χ1) is 8.60. The topological polar surface area (TPSA) is 72.8 Å². The summed E-state index contributed by atoms with van der Waals surface area (Å²) in [6, 6.07) is 2.92. The number of carbonyl (C=O) groups is 2. The third kappa shape index (κ3) is 4.83. The Balaban J connectivity index is 3.07. The highest BCUT2D eigenvalue weighted by molar-refractivity contribution is 9.11. The second-order valence-corrected chi connectivity index (χ2v) is 6.41. The van der Waals surface area contributed by atoms with Gasteiger partial charge in [-0.3, -0.25) is 0 Å². The molecule has 19 heavy (non-hydrogen) atoms. The molecule has 0 aliphatic rings. The van der Waals surface area contributed by atoms with Crippen molar-refractivity contribution in [2.45, 2.75) is 26.4 Å². The molecule has 0 fully saturated rings. The first kappa shape index (κ1) is 16.0. The largest absolute Gasteiger partial charge is 0.514 e. The maximum atomic E-state index is 11.6. The number of aromatic carboxylic acids is 1. The Kier molecular flexibility index (Phi) is 4.98. The normalized spacial score (nSPS) is 11.0. The molecule has 1 aromatic rings. The van der Waals surface area contributed by atoms with Crippen LogP contribution in [0.1, 0.15) is 31.1 Å². The highest BCUT2D eigenvalue weighted by Crippen LogP contribution is 2.33. The summed E-state index contributed by atoms with van der Waals surface area (Å²) >= 11 is 6.31. The Morgan fingerprint density at radius 2 is 1.79 bits per heavy atom. The van der Waals surface area contributed by atoms with Crippen molar-refractivity contribution in [2.24, 2.45) is 0 Å². The molecule has 0 radical (unpaired) electrons. The van der Waals surface area contributed by atoms with Crippen LogP contribution >= 0.6 is 31.9 Å². The second kappa shape index (κ2) is 5.92. The van der Waals surface area contributed by atoms with E-state index in [1.54, 1.807) is 26.8 Å². The summed E-state index contributed by atoms with van der Waals surface area (Å²) in [6.07, 6.45) is -0.960. The van der Waals surface area contributed by atoms with Crippen molar-refractivity contribution in [1.82, 2.24) is 0 Å². The molecule has 0 bridgehead atoms. The number of rotatable bonds is 2. The smallest absolute Gasteiger partial charge is 0.478 e. The molecule has 1 aromatic carbocycles. The third-order valence-electron chi connectivity index (χ3n) is 1.81. The molecule has 0 aliphatic carbocycles. The summed E-state index contributed by atoms with van der Waals surface area (Å²) in [6.45, 7) is 5.05. The molecule has 0 aromatic heterocycles. The van der Waals surface area contributed by atoms with Gasteiger partial charge in [-0.1, -0.05) is 15.9 Å². The van der Waals surface area contributed by atoms with Crippen LogP contribution in [0.15, 0.2) is 21.1 Å². The number of carboxylic acid groups (broad SMARTS) is 1. The van der Waals surface area contributed by atoms with Crippen molar-refractivity contribution in [3.63, 3.8) is 0 Å². The predicted molar refractivity (Wildman–Crippen MR) is 75.7 cm³/mol. The van der Waals surface area contributed by atoms with Gasteiger partial charge in [0.2, 0.25) is 0 Å². The van der Waals surface area contributed by atoms with Gasteiger partial charge in [-0.2, -0.15) is 0 Å². The number of hydrogen-bond acceptors (Lipinski definition) is 4. The highest BCUT2D eigenvalue weighted by Gasteiger charge is 2.23. The van der Waals surface area contributed by atoms with E-state index in [9.17, 15) is 9.59 Å². The third-order valence-corrected chi connectivity index (χ3v) is 2.86. The molecular weight excluding hydrogens is 384 g/mol. The van der Waals surface area contributed by atoms with Crippen LogP contribution in [0.2, 0.25) is 0 Å². The van der Waals surface area contributed by atoms with Crippen LogP contribution in [0, 0.1) is 0 Å². The SMILES string of the molecule is CC(C)(C)OC(=O)Oc1c(Br)cc(Br)cc1C(=O)O. The van der Waals surface area contributed by atoms with Crippen molar-refractivity contribution < 1.29 is 24.2 Å². The van der Waals surface area contributed by atoms with E-state index >= 15 is 0 Å². The predicted octanol–water partition coefficient (Wildman–Crippen LogP) is 4.22. The molecule has 5 nitrogen and oxygen atoms in total. The fraction of sp³-hybridized carbons (Fsp3) is 0.333. The van der Waals surface area contributed by atoms with E-state index in [4.69, 9.17) is 14.6 Å². The zero-order valence-electron chi connectivity index (χ0n) is 10.5. The molecule has 7 heteroatoms. The van der Waals surface area contributed by atoms with E-state index in [-0.39, 0.29) is 11.3 Å². The van der Waals surface area contributed by atoms with E-state index in [2.05, 4.69) is 31.9 Å². The molecule has 1 N–H and O–H groups in total. The van der Waals surface area contributed by atoms with E-state index in [0.29, 0.717) is 8.95 Å². The Hall–Kier alpha value is -1.08. The average Bonchev–Trinajstić information content (AvgIpc) is 2.18. The van der Waals surface area contributed by atoms with Gasteiger partial charge in [0.1, 0.15) is 11.2 Å². The summed E-state index contributed by atoms with van der Waals surface area (Å²) in [5.74, 6) is -1.30. The van der Waals surface area contributed by atoms with Crippen molar-refractivity contribution in [2.75, 3.05) is 0 Å². The average molecular weight is 396 g/mol. The van der Waals surface area contributed by atoms with Gasteiger partial charge in [-0.15, -0.1) is 0 Å². The lowest BCUT2D eigenvalue weighted by molar-refractivity contribution is 0.0202. The number of carboxylic acids is 1. The van der Waals surface area contributed by atoms with Gasteiger partial charge in [0.25, 0.3) is 0 Å². The molecule has 0 unspecified atom stereocenters. The molecule has 0 aliphatic heterocycles. The summed E-state index contributed by atoms with van der Waals surface area (Å²) in [5, 5.41) is 9.09. The van der Waals surface area contributed by atoms with Crippen LogP contribution in [-0.2, 0) is 4.74 Å². The Morgan fingerprint density at radius 3 is 2.26 bits per heavy atom. The molecule has 0 atom stereocenters. The number of halogens is 2. The van der Waals surface area contributed by atoms with Crippen LogP contribution in [0.3, 0.4) is 0 Å². The van der Waals surface area contributed by atoms with Crippen molar-refractivity contribution >= 4 is 44.0 Å². The number of carbonyl (C=O) groups excluding carboxylic acids is 1. The first-order valence-electron chi connectivity index (χ1n) is 5.23. The van der Waals surface area contributed by atoms with Crippen LogP contribution < -0.4 is 4.74 Å². The zero-order valence-corrected chi connectivity index (χ0v) is 13.7. The lowest BCUT2D eigenvalue weighted by Crippen LogP contribution is -2.26. The van der Waals surface area contributed by atoms with Crippen molar-refractivity contribution in [1.29, 1.82) is 0 Å². The van der Waals surface area contributed by atoms with E-state index in [0.717, 1.165) is 0 Å². The van der Waals surface area contributed by atoms with Gasteiger partial charge in [-0.05, 0) is 48.8 Å². The van der Waals surface area contributed by atoms with Crippen molar-refractivity contribution in [3.05, 3.63) is 26.6 Å². The zero-order chi connectivity index (χ0) is 14.8. The number of ether oxygens (including phenoxy) is 2. The van der Waals surface area contributed by atoms with E-state index in [1.807, 2.05) is 0 Å². The summed E-state index contributed by atoms with van der Waals surface area (Å²) in [4.78, 5) is 22.7. The Morgan fingerprint density at radius 1 is 1.21 bits per heavy atom. The maximum Gasteiger partial charge on any atom is 0.514 e. The van der Waals surface area contributed by atoms with E-state index < -0.39 is 17.7 Å². The lowest BCUT2D eigenvalue weighted by atomic mass is 10.2. The van der Waals surface area contributed by atoms with Crippen LogP contribution in [0.25, 0.3) is 0 Å². The second-order valence-electron chi connectivity index (χ2n) is 4.64. The van der Waals surface area contributed by atoms with Gasteiger partial charge in [-0.25, -0.2) is 9.59 Å². The molecule has 1 rings (SSSR count). The Labute approximate surface area is 127 Å². The summed E-state index contributed by atoms with van der Waals surface area (Å²) < 4.78 is 10.8. The molecular formula is C12H12Br2O5. The van der Waals surface area contributed by atoms with Crippen LogP contribution in [-0.4, -0.2) is 22.8 Å². The quantitative estimate of drug-likeness (QED) is 0.599. The molecule has 104 valence electrons. The maximum absolute atomic E-state index is 11.6. The fourth-order valence-electron chi connectivity index (χ4n) is 1.18. The molecule has 0 amide bonds.